The van der Waals surface area contributed by atoms with Crippen molar-refractivity contribution in [2.75, 3.05) is 0 Å². The Labute approximate surface area is 133 Å². The van der Waals surface area contributed by atoms with E-state index < -0.39 is 5.91 Å². The number of rotatable bonds is 5. The molecule has 3 aromatic rings. The molecule has 0 bridgehead atoms. The smallest absolute Gasteiger partial charge is 0.225 e. The Bertz CT molecular complexity index is 818. The molecule has 3 rings (SSSR count). The summed E-state index contributed by atoms with van der Waals surface area (Å²) in [7, 11) is 0. The summed E-state index contributed by atoms with van der Waals surface area (Å²) in [6.45, 7) is 4.19. The fourth-order valence-electron chi connectivity index (χ4n) is 2.44. The summed E-state index contributed by atoms with van der Waals surface area (Å²) in [6.07, 6.45) is 5.40. The Kier molecular flexibility index (Phi) is 3.92. The highest BCUT2D eigenvalue weighted by Crippen LogP contribution is 2.24. The van der Waals surface area contributed by atoms with Gasteiger partial charge in [0.15, 0.2) is 11.6 Å². The molecule has 0 saturated heterocycles. The van der Waals surface area contributed by atoms with E-state index >= 15 is 0 Å². The number of pyridine rings is 1. The van der Waals surface area contributed by atoms with Crippen LogP contribution in [-0.4, -0.2) is 30.2 Å². The van der Waals surface area contributed by atoms with E-state index in [1.54, 1.807) is 17.1 Å². The zero-order chi connectivity index (χ0) is 16.4. The van der Waals surface area contributed by atoms with Gasteiger partial charge >= 0.3 is 0 Å². The first-order valence-electron chi connectivity index (χ1n) is 7.38. The molecule has 0 aromatic carbocycles. The van der Waals surface area contributed by atoms with E-state index in [2.05, 4.69) is 33.5 Å². The minimum atomic E-state index is -0.459. The van der Waals surface area contributed by atoms with Crippen molar-refractivity contribution in [3.05, 3.63) is 48.7 Å². The molecule has 0 unspecified atom stereocenters. The van der Waals surface area contributed by atoms with Gasteiger partial charge in [-0.1, -0.05) is 0 Å². The third-order valence-electron chi connectivity index (χ3n) is 3.44. The lowest BCUT2D eigenvalue weighted by Crippen LogP contribution is -2.14. The number of primary amides is 1. The second-order valence-corrected chi connectivity index (χ2v) is 5.51. The summed E-state index contributed by atoms with van der Waals surface area (Å²) in [6, 6.07) is 7.94. The minimum absolute atomic E-state index is 0.00263. The Morgan fingerprint density at radius 3 is 2.78 bits per heavy atom. The molecule has 0 aliphatic rings. The Balaban J connectivity index is 2.16. The number of carbonyl (C=O) groups is 1. The van der Waals surface area contributed by atoms with Crippen molar-refractivity contribution in [1.82, 2.24) is 24.3 Å². The lowest BCUT2D eigenvalue weighted by molar-refractivity contribution is -0.117. The quantitative estimate of drug-likeness (QED) is 0.777. The molecule has 3 heterocycles. The van der Waals surface area contributed by atoms with Gasteiger partial charge in [-0.3, -0.25) is 9.78 Å². The molecule has 2 N–H and O–H groups in total. The van der Waals surface area contributed by atoms with Crippen LogP contribution in [0.2, 0.25) is 0 Å². The molecule has 0 aliphatic heterocycles. The van der Waals surface area contributed by atoms with Gasteiger partial charge in [0, 0.05) is 18.4 Å². The van der Waals surface area contributed by atoms with Crippen LogP contribution in [-0.2, 0) is 11.2 Å². The molecule has 7 nitrogen and oxygen atoms in total. The molecule has 0 atom stereocenters. The Morgan fingerprint density at radius 2 is 2.13 bits per heavy atom. The average Bonchev–Trinajstić information content (AvgIpc) is 3.13. The van der Waals surface area contributed by atoms with Gasteiger partial charge in [-0.2, -0.15) is 5.10 Å². The third-order valence-corrected chi connectivity index (χ3v) is 3.44. The third kappa shape index (κ3) is 2.98. The van der Waals surface area contributed by atoms with Crippen LogP contribution in [0.1, 0.15) is 25.7 Å². The minimum Gasteiger partial charge on any atom is -0.369 e. The molecule has 0 radical (unpaired) electrons. The molecule has 1 amide bonds. The van der Waals surface area contributed by atoms with Crippen LogP contribution < -0.4 is 5.73 Å². The SMILES string of the molecule is CC(C)n1cccc1-c1nc(CC(N)=O)nn1-c1cccnc1. The molecule has 0 fully saturated rings. The number of carbonyl (C=O) groups excluding carboxylic acids is 1. The Hall–Kier alpha value is -2.96. The summed E-state index contributed by atoms with van der Waals surface area (Å²) in [5, 5.41) is 4.43. The van der Waals surface area contributed by atoms with E-state index in [0.717, 1.165) is 11.4 Å². The number of nitrogens with zero attached hydrogens (tertiary/aromatic N) is 5. The first-order valence-corrected chi connectivity index (χ1v) is 7.38. The van der Waals surface area contributed by atoms with Crippen molar-refractivity contribution in [2.24, 2.45) is 5.73 Å². The predicted molar refractivity (Wildman–Crippen MR) is 85.9 cm³/mol. The summed E-state index contributed by atoms with van der Waals surface area (Å²) in [5.74, 6) is 0.597. The van der Waals surface area contributed by atoms with Crippen LogP contribution in [0.4, 0.5) is 0 Å². The van der Waals surface area contributed by atoms with Gasteiger partial charge < -0.3 is 10.3 Å². The van der Waals surface area contributed by atoms with Crippen LogP contribution in [0.5, 0.6) is 0 Å². The summed E-state index contributed by atoms with van der Waals surface area (Å²) >= 11 is 0. The van der Waals surface area contributed by atoms with E-state index in [-0.39, 0.29) is 12.5 Å². The maximum atomic E-state index is 11.2. The highest BCUT2D eigenvalue weighted by Gasteiger charge is 2.18. The maximum Gasteiger partial charge on any atom is 0.225 e. The van der Waals surface area contributed by atoms with E-state index in [1.165, 1.54) is 0 Å². The summed E-state index contributed by atoms with van der Waals surface area (Å²) in [4.78, 5) is 19.8. The lowest BCUT2D eigenvalue weighted by atomic mass is 10.3. The lowest BCUT2D eigenvalue weighted by Gasteiger charge is -2.13. The molecular formula is C16H18N6O. The molecule has 7 heteroatoms. The van der Waals surface area contributed by atoms with Gasteiger partial charge in [-0.05, 0) is 38.1 Å². The maximum absolute atomic E-state index is 11.2. The fourth-order valence-corrected chi connectivity index (χ4v) is 2.44. The van der Waals surface area contributed by atoms with Crippen LogP contribution in [0.3, 0.4) is 0 Å². The highest BCUT2D eigenvalue weighted by atomic mass is 16.1. The van der Waals surface area contributed by atoms with Crippen LogP contribution in [0.25, 0.3) is 17.2 Å². The fraction of sp³-hybridized carbons (Fsp3) is 0.250. The molecule has 118 valence electrons. The van der Waals surface area contributed by atoms with Crippen molar-refractivity contribution < 1.29 is 4.79 Å². The van der Waals surface area contributed by atoms with E-state index in [4.69, 9.17) is 5.73 Å². The van der Waals surface area contributed by atoms with Gasteiger partial charge in [0.2, 0.25) is 5.91 Å². The molecule has 23 heavy (non-hydrogen) atoms. The van der Waals surface area contributed by atoms with Crippen molar-refractivity contribution in [3.63, 3.8) is 0 Å². The van der Waals surface area contributed by atoms with Gasteiger partial charge in [0.1, 0.15) is 0 Å². The number of amides is 1. The standard InChI is InChI=1S/C16H18N6O/c1-11(2)21-8-4-6-13(21)16-19-15(9-14(17)23)20-22(16)12-5-3-7-18-10-12/h3-8,10-11H,9H2,1-2H3,(H2,17,23). The number of aromatic nitrogens is 5. The van der Waals surface area contributed by atoms with Gasteiger partial charge in [-0.15, -0.1) is 0 Å². The van der Waals surface area contributed by atoms with Crippen LogP contribution in [0.15, 0.2) is 42.9 Å². The zero-order valence-electron chi connectivity index (χ0n) is 13.0. The van der Waals surface area contributed by atoms with Crippen molar-refractivity contribution >= 4 is 5.91 Å². The molecule has 3 aromatic heterocycles. The van der Waals surface area contributed by atoms with E-state index in [1.807, 2.05) is 30.5 Å². The number of hydrogen-bond acceptors (Lipinski definition) is 4. The zero-order valence-corrected chi connectivity index (χ0v) is 13.0. The normalized spacial score (nSPS) is 11.1. The van der Waals surface area contributed by atoms with Crippen molar-refractivity contribution in [2.45, 2.75) is 26.3 Å². The number of hydrogen-bond donors (Lipinski definition) is 1. The van der Waals surface area contributed by atoms with E-state index in [9.17, 15) is 4.79 Å². The average molecular weight is 310 g/mol. The van der Waals surface area contributed by atoms with E-state index in [0.29, 0.717) is 11.6 Å². The molecule has 0 saturated carbocycles. The molecular weight excluding hydrogens is 292 g/mol. The van der Waals surface area contributed by atoms with Crippen molar-refractivity contribution in [1.29, 1.82) is 0 Å². The second-order valence-electron chi connectivity index (χ2n) is 5.51. The highest BCUT2D eigenvalue weighted by molar-refractivity contribution is 5.75. The Morgan fingerprint density at radius 1 is 1.30 bits per heavy atom. The monoisotopic (exact) mass is 310 g/mol. The molecule has 0 aliphatic carbocycles. The van der Waals surface area contributed by atoms with Crippen LogP contribution in [0, 0.1) is 0 Å². The van der Waals surface area contributed by atoms with Gasteiger partial charge in [0.25, 0.3) is 0 Å². The second kappa shape index (κ2) is 6.04. The van der Waals surface area contributed by atoms with Crippen LogP contribution >= 0.6 is 0 Å². The topological polar surface area (TPSA) is 91.6 Å². The first kappa shape index (κ1) is 15.0. The summed E-state index contributed by atoms with van der Waals surface area (Å²) < 4.78 is 3.80. The number of nitrogens with two attached hydrogens (primary N) is 1. The van der Waals surface area contributed by atoms with Gasteiger partial charge in [0.05, 0.1) is 24.0 Å². The predicted octanol–water partition coefficient (Wildman–Crippen LogP) is 1.74. The largest absolute Gasteiger partial charge is 0.369 e. The molecule has 0 spiro atoms. The first-order chi connectivity index (χ1) is 11.1. The van der Waals surface area contributed by atoms with Crippen molar-refractivity contribution in [3.8, 4) is 17.2 Å². The van der Waals surface area contributed by atoms with Gasteiger partial charge in [-0.25, -0.2) is 9.67 Å². The summed E-state index contributed by atoms with van der Waals surface area (Å²) in [5.41, 5.74) is 6.98.